The molecule has 1 unspecified atom stereocenters. The van der Waals surface area contributed by atoms with Crippen LogP contribution in [0.1, 0.15) is 34.8 Å². The number of amides is 1. The Morgan fingerprint density at radius 1 is 1.08 bits per heavy atom. The number of methoxy groups -OCH3 is 2. The third-order valence-electron chi connectivity index (χ3n) is 5.00. The summed E-state index contributed by atoms with van der Waals surface area (Å²) in [5, 5.41) is 3.55. The lowest BCUT2D eigenvalue weighted by Gasteiger charge is -2.36. The number of carbonyl (C=O) groups is 1. The van der Waals surface area contributed by atoms with E-state index in [0.717, 1.165) is 17.8 Å². The van der Waals surface area contributed by atoms with E-state index in [1.807, 2.05) is 4.90 Å². The van der Waals surface area contributed by atoms with Crippen molar-refractivity contribution in [3.8, 4) is 11.5 Å². The molecule has 1 amide bonds. The number of ether oxygens (including phenoxy) is 2. The number of hydrogen-bond acceptors (Lipinski definition) is 4. The van der Waals surface area contributed by atoms with E-state index >= 15 is 0 Å². The molecule has 5 heteroatoms. The number of rotatable bonds is 4. The zero-order valence-electron chi connectivity index (χ0n) is 16.1. The van der Waals surface area contributed by atoms with Crippen molar-refractivity contribution in [2.45, 2.75) is 33.2 Å². The molecule has 1 N–H and O–H groups in total. The topological polar surface area (TPSA) is 50.8 Å². The van der Waals surface area contributed by atoms with E-state index in [4.69, 9.17) is 9.47 Å². The summed E-state index contributed by atoms with van der Waals surface area (Å²) in [5.41, 5.74) is 4.87. The Morgan fingerprint density at radius 2 is 1.69 bits per heavy atom. The number of nitrogens with one attached hydrogen (secondary N) is 1. The van der Waals surface area contributed by atoms with Crippen LogP contribution < -0.4 is 19.7 Å². The maximum atomic E-state index is 13.3. The lowest BCUT2D eigenvalue weighted by Crippen LogP contribution is -2.44. The van der Waals surface area contributed by atoms with Crippen LogP contribution in [0.15, 0.2) is 30.3 Å². The number of benzene rings is 2. The van der Waals surface area contributed by atoms with Gasteiger partial charge in [0.1, 0.15) is 11.5 Å². The average Bonchev–Trinajstić information content (AvgIpc) is 2.67. The van der Waals surface area contributed by atoms with E-state index in [-0.39, 0.29) is 11.9 Å². The van der Waals surface area contributed by atoms with E-state index in [9.17, 15) is 4.79 Å². The van der Waals surface area contributed by atoms with Crippen molar-refractivity contribution < 1.29 is 14.3 Å². The Labute approximate surface area is 154 Å². The third-order valence-corrected chi connectivity index (χ3v) is 5.00. The molecule has 26 heavy (non-hydrogen) atoms. The molecule has 2 aromatic rings. The molecule has 2 aromatic carbocycles. The molecule has 0 saturated heterocycles. The minimum atomic E-state index is -0.0494. The van der Waals surface area contributed by atoms with Gasteiger partial charge in [-0.2, -0.15) is 0 Å². The van der Waals surface area contributed by atoms with E-state index in [0.29, 0.717) is 23.6 Å². The quantitative estimate of drug-likeness (QED) is 0.895. The average molecular weight is 354 g/mol. The fourth-order valence-corrected chi connectivity index (χ4v) is 3.23. The summed E-state index contributed by atoms with van der Waals surface area (Å²) in [6.07, 6.45) is 0.942. The lowest BCUT2D eigenvalue weighted by molar-refractivity contribution is 0.0984. The Kier molecular flexibility index (Phi) is 5.07. The maximum absolute atomic E-state index is 13.3. The van der Waals surface area contributed by atoms with Crippen molar-refractivity contribution >= 4 is 17.3 Å². The Morgan fingerprint density at radius 3 is 2.27 bits per heavy atom. The summed E-state index contributed by atoms with van der Waals surface area (Å²) in [7, 11) is 3.17. The van der Waals surface area contributed by atoms with Gasteiger partial charge < -0.3 is 19.7 Å². The van der Waals surface area contributed by atoms with Crippen molar-refractivity contribution in [3.63, 3.8) is 0 Å². The number of fused-ring (bicyclic) bond motifs is 1. The second-order valence-electron chi connectivity index (χ2n) is 6.72. The van der Waals surface area contributed by atoms with Crippen LogP contribution in [0.2, 0.25) is 0 Å². The molecule has 138 valence electrons. The lowest BCUT2D eigenvalue weighted by atomic mass is 10.0. The molecule has 1 atom stereocenters. The van der Waals surface area contributed by atoms with Gasteiger partial charge in [-0.1, -0.05) is 6.92 Å². The Hall–Kier alpha value is -2.69. The molecule has 5 nitrogen and oxygen atoms in total. The summed E-state index contributed by atoms with van der Waals surface area (Å²) >= 11 is 0. The second kappa shape index (κ2) is 7.28. The smallest absolute Gasteiger partial charge is 0.258 e. The van der Waals surface area contributed by atoms with Crippen LogP contribution >= 0.6 is 0 Å². The minimum Gasteiger partial charge on any atom is -0.497 e. The zero-order chi connectivity index (χ0) is 18.8. The van der Waals surface area contributed by atoms with Gasteiger partial charge in [0, 0.05) is 24.2 Å². The van der Waals surface area contributed by atoms with Crippen molar-refractivity contribution in [1.82, 2.24) is 0 Å². The number of aryl methyl sites for hydroxylation is 2. The highest BCUT2D eigenvalue weighted by atomic mass is 16.5. The normalized spacial score (nSPS) is 15.9. The highest BCUT2D eigenvalue weighted by Gasteiger charge is 2.29. The minimum absolute atomic E-state index is 0.0494. The van der Waals surface area contributed by atoms with Gasteiger partial charge in [-0.3, -0.25) is 4.79 Å². The number of carbonyl (C=O) groups excluding carboxylic acids is 1. The van der Waals surface area contributed by atoms with Crippen LogP contribution in [-0.2, 0) is 0 Å². The first-order chi connectivity index (χ1) is 12.5. The SMILES string of the molecule is CCC1CN(C(=O)c2cc(OC)cc(OC)c2)c2cc(C)c(C)cc2N1. The highest BCUT2D eigenvalue weighted by Crippen LogP contribution is 2.35. The van der Waals surface area contributed by atoms with Gasteiger partial charge in [-0.25, -0.2) is 0 Å². The van der Waals surface area contributed by atoms with Gasteiger partial charge in [0.05, 0.1) is 25.6 Å². The van der Waals surface area contributed by atoms with Crippen molar-refractivity contribution in [2.24, 2.45) is 0 Å². The van der Waals surface area contributed by atoms with E-state index in [1.54, 1.807) is 32.4 Å². The number of nitrogens with zero attached hydrogens (tertiary/aromatic N) is 1. The van der Waals surface area contributed by atoms with Crippen molar-refractivity contribution in [2.75, 3.05) is 31.0 Å². The Balaban J connectivity index is 2.06. The van der Waals surface area contributed by atoms with Crippen LogP contribution in [0, 0.1) is 13.8 Å². The van der Waals surface area contributed by atoms with Crippen molar-refractivity contribution in [1.29, 1.82) is 0 Å². The van der Waals surface area contributed by atoms with Crippen LogP contribution in [0.5, 0.6) is 11.5 Å². The monoisotopic (exact) mass is 354 g/mol. The molecule has 0 aromatic heterocycles. The summed E-state index contributed by atoms with van der Waals surface area (Å²) in [6, 6.07) is 9.72. The van der Waals surface area contributed by atoms with E-state index in [2.05, 4.69) is 38.2 Å². The van der Waals surface area contributed by atoms with Gasteiger partial charge in [-0.15, -0.1) is 0 Å². The van der Waals surface area contributed by atoms with Gasteiger partial charge >= 0.3 is 0 Å². The molecule has 1 heterocycles. The Bertz CT molecular complexity index is 810. The first-order valence-electron chi connectivity index (χ1n) is 8.89. The number of anilines is 2. The molecule has 1 aliphatic heterocycles. The third kappa shape index (κ3) is 3.34. The highest BCUT2D eigenvalue weighted by molar-refractivity contribution is 6.09. The first kappa shape index (κ1) is 18.1. The summed E-state index contributed by atoms with van der Waals surface area (Å²) < 4.78 is 10.6. The molecule has 3 rings (SSSR count). The second-order valence-corrected chi connectivity index (χ2v) is 6.72. The van der Waals surface area contributed by atoms with Gasteiger partial charge in [0.25, 0.3) is 5.91 Å². The van der Waals surface area contributed by atoms with Gasteiger partial charge in [0.2, 0.25) is 0 Å². The molecule has 0 fully saturated rings. The van der Waals surface area contributed by atoms with E-state index < -0.39 is 0 Å². The fraction of sp³-hybridized carbons (Fsp3) is 0.381. The molecular formula is C21H26N2O3. The number of hydrogen-bond donors (Lipinski definition) is 1. The predicted molar refractivity (Wildman–Crippen MR) is 105 cm³/mol. The molecule has 1 aliphatic rings. The van der Waals surface area contributed by atoms with Crippen LogP contribution in [0.3, 0.4) is 0 Å². The van der Waals surface area contributed by atoms with Gasteiger partial charge in [0.15, 0.2) is 0 Å². The first-order valence-corrected chi connectivity index (χ1v) is 8.89. The van der Waals surface area contributed by atoms with Gasteiger partial charge in [-0.05, 0) is 55.7 Å². The summed E-state index contributed by atoms with van der Waals surface area (Å²) in [5.74, 6) is 1.16. The predicted octanol–water partition coefficient (Wildman–Crippen LogP) is 4.17. The molecule has 0 aliphatic carbocycles. The van der Waals surface area contributed by atoms with Crippen molar-refractivity contribution in [3.05, 3.63) is 47.0 Å². The molecule has 0 saturated carbocycles. The standard InChI is InChI=1S/C21H26N2O3/c1-6-16-12-23(20-8-14(3)13(2)7-19(20)22-16)21(24)15-9-17(25-4)11-18(10-15)26-5/h7-11,16,22H,6,12H2,1-5H3. The molecule has 0 bridgehead atoms. The van der Waals surface area contributed by atoms with Crippen LogP contribution in [0.25, 0.3) is 0 Å². The summed E-state index contributed by atoms with van der Waals surface area (Å²) in [4.78, 5) is 15.2. The maximum Gasteiger partial charge on any atom is 0.258 e. The summed E-state index contributed by atoms with van der Waals surface area (Å²) in [6.45, 7) is 6.91. The van der Waals surface area contributed by atoms with Crippen LogP contribution in [0.4, 0.5) is 11.4 Å². The zero-order valence-corrected chi connectivity index (χ0v) is 16.1. The van der Waals surface area contributed by atoms with Crippen LogP contribution in [-0.4, -0.2) is 32.7 Å². The van der Waals surface area contributed by atoms with E-state index in [1.165, 1.54) is 11.1 Å². The largest absolute Gasteiger partial charge is 0.497 e. The molecular weight excluding hydrogens is 328 g/mol. The fourth-order valence-electron chi connectivity index (χ4n) is 3.23. The molecule has 0 spiro atoms. The molecule has 0 radical (unpaired) electrons.